The highest BCUT2D eigenvalue weighted by molar-refractivity contribution is 5.93. The van der Waals surface area contributed by atoms with Crippen LogP contribution >= 0.6 is 0 Å². The summed E-state index contributed by atoms with van der Waals surface area (Å²) < 4.78 is 11.0. The van der Waals surface area contributed by atoms with Gasteiger partial charge in [-0.3, -0.25) is 14.9 Å². The molecule has 0 radical (unpaired) electrons. The van der Waals surface area contributed by atoms with Gasteiger partial charge in [0.2, 0.25) is 0 Å². The molecule has 11 heteroatoms. The van der Waals surface area contributed by atoms with Gasteiger partial charge in [0.1, 0.15) is 11.5 Å². The van der Waals surface area contributed by atoms with E-state index in [0.29, 0.717) is 0 Å². The van der Waals surface area contributed by atoms with E-state index in [0.717, 1.165) is 32.0 Å². The van der Waals surface area contributed by atoms with Gasteiger partial charge in [-0.25, -0.2) is 0 Å². The SMILES string of the molecule is O=C(NC1CCNCC1)c1cc(-c2cc(O)cc(O)c2Oc2ccc([N+](=O)[O-])cc2)on1. The summed E-state index contributed by atoms with van der Waals surface area (Å²) in [5.74, 6) is -0.821. The fourth-order valence-electron chi connectivity index (χ4n) is 3.38. The second-order valence-electron chi connectivity index (χ2n) is 7.27. The predicted octanol–water partition coefficient (Wildman–Crippen LogP) is 2.94. The number of hydrogen-bond acceptors (Lipinski definition) is 9. The number of nitrogens with zero attached hydrogens (tertiary/aromatic N) is 2. The molecule has 3 aromatic rings. The summed E-state index contributed by atoms with van der Waals surface area (Å²) in [4.78, 5) is 22.8. The number of nitrogens with one attached hydrogen (secondary N) is 2. The number of benzene rings is 2. The summed E-state index contributed by atoms with van der Waals surface area (Å²) in [6.45, 7) is 1.64. The largest absolute Gasteiger partial charge is 0.508 e. The van der Waals surface area contributed by atoms with Crippen molar-refractivity contribution in [3.63, 3.8) is 0 Å². The van der Waals surface area contributed by atoms with Crippen LogP contribution in [0.25, 0.3) is 11.3 Å². The van der Waals surface area contributed by atoms with Crippen molar-refractivity contribution >= 4 is 11.6 Å². The number of rotatable bonds is 6. The first-order chi connectivity index (χ1) is 15.4. The van der Waals surface area contributed by atoms with Crippen LogP contribution in [-0.4, -0.2) is 45.3 Å². The first kappa shape index (κ1) is 21.1. The molecular formula is C21H20N4O7. The first-order valence-electron chi connectivity index (χ1n) is 9.87. The quantitative estimate of drug-likeness (QED) is 0.334. The molecule has 0 atom stereocenters. The van der Waals surface area contributed by atoms with Crippen LogP contribution in [0.15, 0.2) is 47.0 Å². The summed E-state index contributed by atoms with van der Waals surface area (Å²) in [6, 6.07) is 9.02. The lowest BCUT2D eigenvalue weighted by atomic mass is 10.1. The normalized spacial score (nSPS) is 14.1. The van der Waals surface area contributed by atoms with Crippen LogP contribution < -0.4 is 15.4 Å². The molecule has 1 saturated heterocycles. The Balaban J connectivity index is 1.59. The molecule has 166 valence electrons. The molecule has 1 fully saturated rings. The fourth-order valence-corrected chi connectivity index (χ4v) is 3.38. The Morgan fingerprint density at radius 2 is 1.91 bits per heavy atom. The fraction of sp³-hybridized carbons (Fsp3) is 0.238. The average molecular weight is 440 g/mol. The highest BCUT2D eigenvalue weighted by Crippen LogP contribution is 2.43. The Morgan fingerprint density at radius 1 is 1.19 bits per heavy atom. The smallest absolute Gasteiger partial charge is 0.273 e. The Labute approximate surface area is 181 Å². The van der Waals surface area contributed by atoms with Crippen LogP contribution in [0.3, 0.4) is 0 Å². The molecule has 1 aliphatic heterocycles. The van der Waals surface area contributed by atoms with E-state index < -0.39 is 16.6 Å². The minimum absolute atomic E-state index is 0.0368. The van der Waals surface area contributed by atoms with E-state index >= 15 is 0 Å². The van der Waals surface area contributed by atoms with Gasteiger partial charge >= 0.3 is 0 Å². The molecule has 0 spiro atoms. The van der Waals surface area contributed by atoms with Crippen molar-refractivity contribution in [2.45, 2.75) is 18.9 Å². The van der Waals surface area contributed by atoms with E-state index in [2.05, 4.69) is 15.8 Å². The topological polar surface area (TPSA) is 160 Å². The van der Waals surface area contributed by atoms with Crippen LogP contribution in [0.5, 0.6) is 23.0 Å². The molecule has 0 saturated carbocycles. The van der Waals surface area contributed by atoms with E-state index in [-0.39, 0.29) is 46.0 Å². The summed E-state index contributed by atoms with van der Waals surface area (Å²) in [5.41, 5.74) is 0.0732. The van der Waals surface area contributed by atoms with Crippen molar-refractivity contribution in [2.75, 3.05) is 13.1 Å². The van der Waals surface area contributed by atoms with Gasteiger partial charge in [0.25, 0.3) is 11.6 Å². The first-order valence-corrected chi connectivity index (χ1v) is 9.87. The standard InChI is InChI=1S/C21H20N4O7/c26-14-9-16(19-11-17(24-32-19)21(28)23-12-5-7-22-8-6-12)20(18(27)10-14)31-15-3-1-13(2-4-15)25(29)30/h1-4,9-12,22,26-27H,5-8H2,(H,23,28). The van der Waals surface area contributed by atoms with Crippen LogP contribution in [-0.2, 0) is 0 Å². The zero-order valence-electron chi connectivity index (χ0n) is 16.8. The number of piperidine rings is 1. The lowest BCUT2D eigenvalue weighted by Crippen LogP contribution is -2.42. The van der Waals surface area contributed by atoms with Crippen molar-refractivity contribution in [1.82, 2.24) is 15.8 Å². The van der Waals surface area contributed by atoms with E-state index in [1.807, 2.05) is 0 Å². The number of carbonyl (C=O) groups excluding carboxylic acids is 1. The third-order valence-electron chi connectivity index (χ3n) is 5.00. The van der Waals surface area contributed by atoms with Crippen LogP contribution in [0.2, 0.25) is 0 Å². The summed E-state index contributed by atoms with van der Waals surface area (Å²) >= 11 is 0. The van der Waals surface area contributed by atoms with Gasteiger partial charge in [-0.1, -0.05) is 5.16 Å². The van der Waals surface area contributed by atoms with E-state index in [1.165, 1.54) is 36.4 Å². The van der Waals surface area contributed by atoms with Crippen molar-refractivity contribution in [3.05, 3.63) is 58.3 Å². The van der Waals surface area contributed by atoms with Crippen molar-refractivity contribution < 1.29 is 29.2 Å². The van der Waals surface area contributed by atoms with Crippen molar-refractivity contribution in [1.29, 1.82) is 0 Å². The van der Waals surface area contributed by atoms with Gasteiger partial charge in [-0.15, -0.1) is 0 Å². The van der Waals surface area contributed by atoms with Gasteiger partial charge in [-0.2, -0.15) is 0 Å². The number of amides is 1. The molecule has 1 aliphatic rings. The summed E-state index contributed by atoms with van der Waals surface area (Å²) in [5, 5.41) is 41.0. The number of carbonyl (C=O) groups is 1. The zero-order valence-corrected chi connectivity index (χ0v) is 16.8. The molecule has 4 rings (SSSR count). The number of hydrogen-bond donors (Lipinski definition) is 4. The lowest BCUT2D eigenvalue weighted by molar-refractivity contribution is -0.384. The van der Waals surface area contributed by atoms with Gasteiger partial charge < -0.3 is 30.1 Å². The summed E-state index contributed by atoms with van der Waals surface area (Å²) in [7, 11) is 0. The van der Waals surface area contributed by atoms with E-state index in [4.69, 9.17) is 9.26 Å². The van der Waals surface area contributed by atoms with Gasteiger partial charge in [0, 0.05) is 30.3 Å². The van der Waals surface area contributed by atoms with Gasteiger partial charge in [0.15, 0.2) is 23.0 Å². The Morgan fingerprint density at radius 3 is 2.59 bits per heavy atom. The zero-order chi connectivity index (χ0) is 22.7. The molecule has 2 aromatic carbocycles. The third-order valence-corrected chi connectivity index (χ3v) is 5.00. The average Bonchev–Trinajstić information content (AvgIpc) is 3.27. The van der Waals surface area contributed by atoms with Gasteiger partial charge in [-0.05, 0) is 44.1 Å². The molecule has 1 aromatic heterocycles. The molecule has 4 N–H and O–H groups in total. The molecule has 32 heavy (non-hydrogen) atoms. The number of non-ortho nitro benzene ring substituents is 1. The highest BCUT2D eigenvalue weighted by atomic mass is 16.6. The Bertz CT molecular complexity index is 1140. The van der Waals surface area contributed by atoms with E-state index in [9.17, 15) is 25.1 Å². The second kappa shape index (κ2) is 8.94. The van der Waals surface area contributed by atoms with Gasteiger partial charge in [0.05, 0.1) is 10.5 Å². The van der Waals surface area contributed by atoms with Crippen LogP contribution in [0.4, 0.5) is 5.69 Å². The maximum Gasteiger partial charge on any atom is 0.273 e. The number of phenolic OH excluding ortho intramolecular Hbond substituents is 2. The van der Waals surface area contributed by atoms with Crippen molar-refractivity contribution in [3.8, 4) is 34.3 Å². The predicted molar refractivity (Wildman–Crippen MR) is 112 cm³/mol. The highest BCUT2D eigenvalue weighted by Gasteiger charge is 2.23. The number of aromatic hydroxyl groups is 2. The number of phenols is 2. The summed E-state index contributed by atoms with van der Waals surface area (Å²) in [6.07, 6.45) is 1.62. The second-order valence-corrected chi connectivity index (χ2v) is 7.27. The molecule has 0 unspecified atom stereocenters. The van der Waals surface area contributed by atoms with E-state index in [1.54, 1.807) is 0 Å². The Kier molecular flexibility index (Phi) is 5.90. The minimum Gasteiger partial charge on any atom is -0.508 e. The number of nitro benzene ring substituents is 1. The Hall–Kier alpha value is -4.12. The molecule has 11 nitrogen and oxygen atoms in total. The van der Waals surface area contributed by atoms with Crippen LogP contribution in [0, 0.1) is 10.1 Å². The minimum atomic E-state index is -0.543. The maximum absolute atomic E-state index is 12.5. The molecule has 1 amide bonds. The third kappa shape index (κ3) is 4.62. The van der Waals surface area contributed by atoms with Crippen molar-refractivity contribution in [2.24, 2.45) is 0 Å². The lowest BCUT2D eigenvalue weighted by Gasteiger charge is -2.23. The van der Waals surface area contributed by atoms with Crippen LogP contribution in [0.1, 0.15) is 23.3 Å². The molecule has 0 bridgehead atoms. The molecular weight excluding hydrogens is 420 g/mol. The molecule has 0 aliphatic carbocycles. The number of ether oxygens (including phenoxy) is 1. The monoisotopic (exact) mass is 440 g/mol. The number of nitro groups is 1. The maximum atomic E-state index is 12.5. The number of aromatic nitrogens is 1. The molecule has 2 heterocycles.